The lowest BCUT2D eigenvalue weighted by Crippen LogP contribution is -2.35. The van der Waals surface area contributed by atoms with Crippen molar-refractivity contribution in [3.05, 3.63) is 71.1 Å². The minimum atomic E-state index is 0.270. The van der Waals surface area contributed by atoms with Gasteiger partial charge in [-0.25, -0.2) is 4.98 Å². The topological polar surface area (TPSA) is 76.5 Å². The number of carbonyl (C=O) groups is 1. The number of benzene rings is 1. The van der Waals surface area contributed by atoms with E-state index in [4.69, 9.17) is 10.7 Å². The van der Waals surface area contributed by atoms with Gasteiger partial charge in [-0.1, -0.05) is 36.4 Å². The SMILES string of the molecule is Nc1cc(C2CCCN(CC=O)C2)nc2c(C3=Cc4ccccc4CCC=C3)cnn12. The van der Waals surface area contributed by atoms with Gasteiger partial charge in [-0.05, 0) is 55.0 Å². The Balaban J connectivity index is 1.57. The number of likely N-dealkylation sites (tertiary alicyclic amines) is 1. The fourth-order valence-corrected chi connectivity index (χ4v) is 4.72. The predicted octanol–water partition coefficient (Wildman–Crippen LogP) is 3.73. The van der Waals surface area contributed by atoms with Crippen LogP contribution >= 0.6 is 0 Å². The quantitative estimate of drug-likeness (QED) is 0.660. The van der Waals surface area contributed by atoms with Crippen molar-refractivity contribution in [2.75, 3.05) is 25.4 Å². The number of allylic oxidation sites excluding steroid dienone is 3. The Morgan fingerprint density at radius 1 is 1.26 bits per heavy atom. The molecule has 3 heterocycles. The molecule has 158 valence electrons. The van der Waals surface area contributed by atoms with Crippen LogP contribution in [0.2, 0.25) is 0 Å². The van der Waals surface area contributed by atoms with Crippen molar-refractivity contribution in [2.45, 2.75) is 31.6 Å². The molecule has 1 fully saturated rings. The van der Waals surface area contributed by atoms with E-state index in [-0.39, 0.29) is 5.92 Å². The molecule has 3 aromatic rings. The van der Waals surface area contributed by atoms with Gasteiger partial charge in [0.2, 0.25) is 0 Å². The van der Waals surface area contributed by atoms with E-state index in [0.717, 1.165) is 67.5 Å². The van der Waals surface area contributed by atoms with Gasteiger partial charge in [-0.15, -0.1) is 0 Å². The van der Waals surface area contributed by atoms with Crippen LogP contribution in [0.5, 0.6) is 0 Å². The van der Waals surface area contributed by atoms with Crippen LogP contribution < -0.4 is 5.73 Å². The van der Waals surface area contributed by atoms with Crippen LogP contribution in [0.25, 0.3) is 17.3 Å². The molecule has 2 aliphatic rings. The van der Waals surface area contributed by atoms with Crippen molar-refractivity contribution in [2.24, 2.45) is 0 Å². The highest BCUT2D eigenvalue weighted by Gasteiger charge is 2.24. The highest BCUT2D eigenvalue weighted by atomic mass is 16.1. The van der Waals surface area contributed by atoms with Crippen molar-refractivity contribution < 1.29 is 4.79 Å². The van der Waals surface area contributed by atoms with E-state index in [0.29, 0.717) is 12.4 Å². The zero-order valence-electron chi connectivity index (χ0n) is 17.6. The Hall–Kier alpha value is -3.25. The first-order valence-electron chi connectivity index (χ1n) is 11.0. The number of hydrogen-bond acceptors (Lipinski definition) is 5. The molecule has 2 N–H and O–H groups in total. The Morgan fingerprint density at radius 2 is 2.16 bits per heavy atom. The summed E-state index contributed by atoms with van der Waals surface area (Å²) in [6, 6.07) is 10.5. The second-order valence-corrected chi connectivity index (χ2v) is 8.40. The largest absolute Gasteiger partial charge is 0.384 e. The maximum atomic E-state index is 11.0. The van der Waals surface area contributed by atoms with Gasteiger partial charge in [-0.3, -0.25) is 4.90 Å². The number of nitrogens with zero attached hydrogens (tertiary/aromatic N) is 4. The molecule has 6 nitrogen and oxygen atoms in total. The molecule has 1 aromatic carbocycles. The average Bonchev–Trinajstić information content (AvgIpc) is 3.19. The Kier molecular flexibility index (Phi) is 5.38. The summed E-state index contributed by atoms with van der Waals surface area (Å²) in [6.45, 7) is 2.27. The van der Waals surface area contributed by atoms with Gasteiger partial charge in [-0.2, -0.15) is 9.61 Å². The molecule has 1 unspecified atom stereocenters. The summed E-state index contributed by atoms with van der Waals surface area (Å²) in [5.41, 5.74) is 12.8. The smallest absolute Gasteiger partial charge is 0.165 e. The number of fused-ring (bicyclic) bond motifs is 2. The summed E-state index contributed by atoms with van der Waals surface area (Å²) in [7, 11) is 0. The van der Waals surface area contributed by atoms with E-state index in [9.17, 15) is 4.79 Å². The number of anilines is 1. The minimum absolute atomic E-state index is 0.270. The fourth-order valence-electron chi connectivity index (χ4n) is 4.72. The lowest BCUT2D eigenvalue weighted by molar-refractivity contribution is -0.109. The molecule has 5 rings (SSSR count). The molecule has 31 heavy (non-hydrogen) atoms. The van der Waals surface area contributed by atoms with E-state index >= 15 is 0 Å². The van der Waals surface area contributed by atoms with Crippen molar-refractivity contribution in [1.29, 1.82) is 0 Å². The van der Waals surface area contributed by atoms with Crippen LogP contribution in [0.4, 0.5) is 5.82 Å². The standard InChI is InChI=1S/C25H27N5O/c26-24-15-23(21-10-5-11-29(17-21)12-13-31)28-25-22(16-27-30(24)25)20-9-4-2-7-18-6-1-3-8-19(18)14-20/h1,3-4,6,8-9,13-16,21H,2,5,7,10-12,17,26H2. The molecule has 1 saturated heterocycles. The van der Waals surface area contributed by atoms with Gasteiger partial charge in [0, 0.05) is 24.1 Å². The van der Waals surface area contributed by atoms with Crippen LogP contribution in [0, 0.1) is 0 Å². The molecule has 0 saturated carbocycles. The van der Waals surface area contributed by atoms with Crippen LogP contribution in [-0.2, 0) is 11.2 Å². The van der Waals surface area contributed by atoms with Crippen molar-refractivity contribution >= 4 is 29.4 Å². The number of carbonyl (C=O) groups excluding carboxylic acids is 1. The number of aldehydes is 1. The normalized spacial score (nSPS) is 19.5. The lowest BCUT2D eigenvalue weighted by atomic mass is 9.94. The molecule has 0 amide bonds. The van der Waals surface area contributed by atoms with Gasteiger partial charge < -0.3 is 10.5 Å². The van der Waals surface area contributed by atoms with E-state index in [1.165, 1.54) is 11.1 Å². The minimum Gasteiger partial charge on any atom is -0.384 e. The van der Waals surface area contributed by atoms with Gasteiger partial charge in [0.05, 0.1) is 18.4 Å². The highest BCUT2D eigenvalue weighted by Crippen LogP contribution is 2.31. The maximum Gasteiger partial charge on any atom is 0.165 e. The van der Waals surface area contributed by atoms with E-state index < -0.39 is 0 Å². The zero-order valence-corrected chi connectivity index (χ0v) is 17.6. The highest BCUT2D eigenvalue weighted by molar-refractivity contribution is 5.92. The van der Waals surface area contributed by atoms with Gasteiger partial charge in [0.15, 0.2) is 5.65 Å². The van der Waals surface area contributed by atoms with Crippen LogP contribution in [0.15, 0.2) is 48.7 Å². The Morgan fingerprint density at radius 3 is 3.06 bits per heavy atom. The number of piperidine rings is 1. The number of nitrogen functional groups attached to an aromatic ring is 1. The second kappa shape index (κ2) is 8.47. The summed E-state index contributed by atoms with van der Waals surface area (Å²) in [4.78, 5) is 18.2. The Bertz CT molecular complexity index is 1180. The molecule has 0 spiro atoms. The third-order valence-corrected chi connectivity index (χ3v) is 6.33. The number of hydrogen-bond donors (Lipinski definition) is 1. The summed E-state index contributed by atoms with van der Waals surface area (Å²) in [5, 5.41) is 4.53. The second-order valence-electron chi connectivity index (χ2n) is 8.40. The summed E-state index contributed by atoms with van der Waals surface area (Å²) in [5.74, 6) is 0.862. The molecule has 2 aromatic heterocycles. The van der Waals surface area contributed by atoms with Crippen molar-refractivity contribution in [3.8, 4) is 0 Å². The summed E-state index contributed by atoms with van der Waals surface area (Å²) >= 11 is 0. The molecule has 0 radical (unpaired) electrons. The summed E-state index contributed by atoms with van der Waals surface area (Å²) in [6.07, 6.45) is 13.6. The predicted molar refractivity (Wildman–Crippen MR) is 124 cm³/mol. The number of aryl methyl sites for hydroxylation is 1. The zero-order chi connectivity index (χ0) is 21.2. The molecule has 1 aliphatic heterocycles. The third-order valence-electron chi connectivity index (χ3n) is 6.33. The fraction of sp³-hybridized carbons (Fsp3) is 0.320. The Labute approximate surface area is 182 Å². The number of rotatable bonds is 4. The molecule has 1 atom stereocenters. The number of aromatic nitrogens is 3. The van der Waals surface area contributed by atoms with E-state index in [2.05, 4.69) is 52.5 Å². The molecule has 6 heteroatoms. The maximum absolute atomic E-state index is 11.0. The average molecular weight is 414 g/mol. The van der Waals surface area contributed by atoms with Gasteiger partial charge >= 0.3 is 0 Å². The van der Waals surface area contributed by atoms with Gasteiger partial charge in [0.25, 0.3) is 0 Å². The molecule has 0 bridgehead atoms. The first-order valence-corrected chi connectivity index (χ1v) is 11.0. The molecular formula is C25H27N5O. The van der Waals surface area contributed by atoms with Crippen LogP contribution in [0.1, 0.15) is 47.6 Å². The molecule has 1 aliphatic carbocycles. The van der Waals surface area contributed by atoms with Crippen molar-refractivity contribution in [3.63, 3.8) is 0 Å². The van der Waals surface area contributed by atoms with E-state index in [1.54, 1.807) is 4.52 Å². The first kappa shape index (κ1) is 19.7. The monoisotopic (exact) mass is 413 g/mol. The van der Waals surface area contributed by atoms with Crippen molar-refractivity contribution in [1.82, 2.24) is 19.5 Å². The molecular weight excluding hydrogens is 386 g/mol. The van der Waals surface area contributed by atoms with Crippen LogP contribution in [0.3, 0.4) is 0 Å². The van der Waals surface area contributed by atoms with E-state index in [1.807, 2.05) is 12.3 Å². The number of nitrogens with two attached hydrogens (primary N) is 1. The third kappa shape index (κ3) is 3.91. The van der Waals surface area contributed by atoms with Gasteiger partial charge in [0.1, 0.15) is 12.1 Å². The lowest BCUT2D eigenvalue weighted by Gasteiger charge is -2.31. The van der Waals surface area contributed by atoms with Crippen LogP contribution in [-0.4, -0.2) is 45.4 Å². The first-order chi connectivity index (χ1) is 15.2. The summed E-state index contributed by atoms with van der Waals surface area (Å²) < 4.78 is 1.73.